The molecular weight excluding hydrogens is 230 g/mol. The zero-order valence-corrected chi connectivity index (χ0v) is 11.6. The maximum Gasteiger partial charge on any atom is 0.418 e. The fraction of sp³-hybridized carbons (Fsp3) is 0.857. The van der Waals surface area contributed by atoms with Crippen LogP contribution in [0.2, 0.25) is 0 Å². The summed E-state index contributed by atoms with van der Waals surface area (Å²) in [6.07, 6.45) is 10.1. The minimum Gasteiger partial charge on any atom is -0.375 e. The van der Waals surface area contributed by atoms with Gasteiger partial charge in [0.1, 0.15) is 6.04 Å². The first-order valence-electron chi connectivity index (χ1n) is 7.15. The highest BCUT2D eigenvalue weighted by Crippen LogP contribution is 2.18. The standard InChI is InChI=1S/C14H25NO3/c1-3-4-5-6-7-8-9-10-11-12-13(16)18-14(17)15(12)2/h12H,3-11H2,1-2H3. The number of likely N-dealkylation sites (N-methyl/N-ethyl adjacent to an activating group) is 1. The number of carbonyl (C=O) groups is 2. The SMILES string of the molecule is CCCCCCCCCCC1C(=O)OC(=O)N1C. The van der Waals surface area contributed by atoms with Crippen molar-refractivity contribution >= 4 is 12.1 Å². The topological polar surface area (TPSA) is 46.6 Å². The van der Waals surface area contributed by atoms with Crippen LogP contribution in [0.25, 0.3) is 0 Å². The van der Waals surface area contributed by atoms with Gasteiger partial charge in [0, 0.05) is 7.05 Å². The molecule has 1 aliphatic heterocycles. The molecule has 1 heterocycles. The van der Waals surface area contributed by atoms with Crippen LogP contribution in [0.1, 0.15) is 64.7 Å². The Morgan fingerprint density at radius 2 is 1.56 bits per heavy atom. The molecule has 0 aliphatic carbocycles. The number of ether oxygens (including phenoxy) is 1. The lowest BCUT2D eigenvalue weighted by molar-refractivity contribution is -0.135. The van der Waals surface area contributed by atoms with Gasteiger partial charge < -0.3 is 4.74 Å². The molecule has 18 heavy (non-hydrogen) atoms. The quantitative estimate of drug-likeness (QED) is 0.360. The van der Waals surface area contributed by atoms with Gasteiger partial charge >= 0.3 is 12.1 Å². The van der Waals surface area contributed by atoms with Gasteiger partial charge in [-0.2, -0.15) is 0 Å². The average molecular weight is 255 g/mol. The summed E-state index contributed by atoms with van der Waals surface area (Å²) >= 11 is 0. The molecular formula is C14H25NO3. The predicted octanol–water partition coefficient (Wildman–Crippen LogP) is 3.49. The molecule has 1 saturated heterocycles. The van der Waals surface area contributed by atoms with Gasteiger partial charge in [-0.3, -0.25) is 4.90 Å². The van der Waals surface area contributed by atoms with E-state index < -0.39 is 6.09 Å². The lowest BCUT2D eigenvalue weighted by atomic mass is 10.0. The van der Waals surface area contributed by atoms with E-state index in [2.05, 4.69) is 11.7 Å². The zero-order chi connectivity index (χ0) is 13.4. The van der Waals surface area contributed by atoms with Crippen LogP contribution in [-0.4, -0.2) is 30.1 Å². The highest BCUT2D eigenvalue weighted by Gasteiger charge is 2.37. The number of hydrogen-bond acceptors (Lipinski definition) is 3. The number of cyclic esters (lactones) is 2. The maximum atomic E-state index is 11.3. The van der Waals surface area contributed by atoms with Gasteiger partial charge in [0.15, 0.2) is 0 Å². The summed E-state index contributed by atoms with van der Waals surface area (Å²) in [6, 6.07) is -0.349. The van der Waals surface area contributed by atoms with E-state index in [1.54, 1.807) is 7.05 Å². The normalized spacial score (nSPS) is 19.4. The highest BCUT2D eigenvalue weighted by atomic mass is 16.6. The number of amides is 1. The molecule has 104 valence electrons. The van der Waals surface area contributed by atoms with Crippen molar-refractivity contribution in [2.24, 2.45) is 0 Å². The molecule has 4 heteroatoms. The molecule has 1 fully saturated rings. The van der Waals surface area contributed by atoms with E-state index >= 15 is 0 Å². The van der Waals surface area contributed by atoms with Crippen LogP contribution in [0, 0.1) is 0 Å². The highest BCUT2D eigenvalue weighted by molar-refractivity contribution is 5.95. The monoisotopic (exact) mass is 255 g/mol. The van der Waals surface area contributed by atoms with Crippen molar-refractivity contribution in [1.82, 2.24) is 4.90 Å². The summed E-state index contributed by atoms with van der Waals surface area (Å²) in [6.45, 7) is 2.22. The third-order valence-corrected chi connectivity index (χ3v) is 3.55. The fourth-order valence-corrected chi connectivity index (χ4v) is 2.29. The third kappa shape index (κ3) is 4.67. The van der Waals surface area contributed by atoms with Crippen LogP contribution in [0.15, 0.2) is 0 Å². The van der Waals surface area contributed by atoms with Crippen LogP contribution in [0.4, 0.5) is 4.79 Å². The van der Waals surface area contributed by atoms with Gasteiger partial charge in [0.2, 0.25) is 0 Å². The number of nitrogens with zero attached hydrogens (tertiary/aromatic N) is 1. The molecule has 1 atom stereocenters. The summed E-state index contributed by atoms with van der Waals surface area (Å²) in [7, 11) is 1.63. The summed E-state index contributed by atoms with van der Waals surface area (Å²) in [5, 5.41) is 0. The predicted molar refractivity (Wildman–Crippen MR) is 70.3 cm³/mol. The first-order valence-corrected chi connectivity index (χ1v) is 7.15. The van der Waals surface area contributed by atoms with E-state index in [0.29, 0.717) is 0 Å². The van der Waals surface area contributed by atoms with Crippen molar-refractivity contribution in [2.75, 3.05) is 7.05 Å². The van der Waals surface area contributed by atoms with Crippen molar-refractivity contribution in [1.29, 1.82) is 0 Å². The van der Waals surface area contributed by atoms with Crippen LogP contribution >= 0.6 is 0 Å². The molecule has 0 aromatic heterocycles. The van der Waals surface area contributed by atoms with Crippen molar-refractivity contribution in [3.8, 4) is 0 Å². The molecule has 0 radical (unpaired) electrons. The van der Waals surface area contributed by atoms with E-state index in [1.807, 2.05) is 0 Å². The second-order valence-electron chi connectivity index (χ2n) is 5.08. The van der Waals surface area contributed by atoms with Crippen molar-refractivity contribution < 1.29 is 14.3 Å². The Labute approximate surface area is 110 Å². The zero-order valence-electron chi connectivity index (χ0n) is 11.6. The minimum absolute atomic E-state index is 0.349. The smallest absolute Gasteiger partial charge is 0.375 e. The largest absolute Gasteiger partial charge is 0.418 e. The molecule has 0 bridgehead atoms. The van der Waals surface area contributed by atoms with Gasteiger partial charge in [-0.05, 0) is 6.42 Å². The maximum absolute atomic E-state index is 11.3. The lowest BCUT2D eigenvalue weighted by Gasteiger charge is -2.13. The van der Waals surface area contributed by atoms with Crippen LogP contribution in [-0.2, 0) is 9.53 Å². The summed E-state index contributed by atoms with van der Waals surface area (Å²) in [4.78, 5) is 23.9. The first-order chi connectivity index (χ1) is 8.66. The Bertz CT molecular complexity index is 278. The van der Waals surface area contributed by atoms with E-state index in [1.165, 1.54) is 43.4 Å². The number of rotatable bonds is 9. The number of hydrogen-bond donors (Lipinski definition) is 0. The molecule has 1 aliphatic rings. The van der Waals surface area contributed by atoms with Crippen LogP contribution in [0.5, 0.6) is 0 Å². The molecule has 0 aromatic carbocycles. The molecule has 1 unspecified atom stereocenters. The molecule has 0 saturated carbocycles. The second kappa shape index (κ2) is 8.11. The van der Waals surface area contributed by atoms with Crippen molar-refractivity contribution in [3.05, 3.63) is 0 Å². The number of esters is 1. The lowest BCUT2D eigenvalue weighted by Crippen LogP contribution is -2.31. The van der Waals surface area contributed by atoms with Gasteiger partial charge in [0.25, 0.3) is 0 Å². The van der Waals surface area contributed by atoms with Crippen molar-refractivity contribution in [3.63, 3.8) is 0 Å². The second-order valence-corrected chi connectivity index (χ2v) is 5.08. The molecule has 1 rings (SSSR count). The third-order valence-electron chi connectivity index (χ3n) is 3.55. The van der Waals surface area contributed by atoms with E-state index in [0.717, 1.165) is 19.3 Å². The van der Waals surface area contributed by atoms with Crippen LogP contribution in [0.3, 0.4) is 0 Å². The minimum atomic E-state index is -0.510. The van der Waals surface area contributed by atoms with E-state index in [4.69, 9.17) is 0 Å². The van der Waals surface area contributed by atoms with Gasteiger partial charge in [-0.1, -0.05) is 58.3 Å². The fourth-order valence-electron chi connectivity index (χ4n) is 2.29. The molecule has 4 nitrogen and oxygen atoms in total. The molecule has 0 N–H and O–H groups in total. The van der Waals surface area contributed by atoms with E-state index in [9.17, 15) is 9.59 Å². The summed E-state index contributed by atoms with van der Waals surface area (Å²) < 4.78 is 4.56. The molecule has 0 spiro atoms. The average Bonchev–Trinajstić information content (AvgIpc) is 2.58. The Hall–Kier alpha value is -1.06. The molecule has 0 aromatic rings. The Morgan fingerprint density at radius 3 is 2.06 bits per heavy atom. The van der Waals surface area contributed by atoms with Gasteiger partial charge in [-0.15, -0.1) is 0 Å². The summed E-state index contributed by atoms with van der Waals surface area (Å²) in [5.74, 6) is -0.384. The Balaban J connectivity index is 2.01. The van der Waals surface area contributed by atoms with Crippen molar-refractivity contribution in [2.45, 2.75) is 70.8 Å². The van der Waals surface area contributed by atoms with Crippen LogP contribution < -0.4 is 0 Å². The number of unbranched alkanes of at least 4 members (excludes halogenated alkanes) is 7. The Morgan fingerprint density at radius 1 is 1.00 bits per heavy atom. The molecule has 1 amide bonds. The van der Waals surface area contributed by atoms with E-state index in [-0.39, 0.29) is 12.0 Å². The number of carbonyl (C=O) groups excluding carboxylic acids is 2. The summed E-state index contributed by atoms with van der Waals surface area (Å²) in [5.41, 5.74) is 0. The first kappa shape index (κ1) is 15.0. The Kier molecular flexibility index (Phi) is 6.76. The van der Waals surface area contributed by atoms with Gasteiger partial charge in [-0.25, -0.2) is 9.59 Å². The van der Waals surface area contributed by atoms with Gasteiger partial charge in [0.05, 0.1) is 0 Å².